The Morgan fingerprint density at radius 3 is 2.00 bits per heavy atom. The Morgan fingerprint density at radius 1 is 0.769 bits per heavy atom. The van der Waals surface area contributed by atoms with Crippen molar-refractivity contribution in [3.05, 3.63) is 48.1 Å². The number of aliphatic hydroxyl groups excluding tert-OH is 1. The number of aliphatic hydroxyl groups is 1. The summed E-state index contributed by atoms with van der Waals surface area (Å²) < 4.78 is 0. The van der Waals surface area contributed by atoms with Crippen LogP contribution < -0.4 is 0 Å². The second-order valence-corrected chi connectivity index (χ2v) is 7.12. The Bertz CT molecular complexity index is 512. The Morgan fingerprint density at radius 2 is 1.35 bits per heavy atom. The van der Waals surface area contributed by atoms with E-state index in [1.165, 1.54) is 31.7 Å². The first kappa shape index (κ1) is 22.3. The predicted octanol–water partition coefficient (Wildman–Crippen LogP) is 6.03. The lowest BCUT2D eigenvalue weighted by Gasteiger charge is -2.04. The van der Waals surface area contributed by atoms with E-state index in [1.807, 2.05) is 6.92 Å². The zero-order valence-corrected chi connectivity index (χ0v) is 16.2. The van der Waals surface area contributed by atoms with Gasteiger partial charge in [0.25, 0.3) is 0 Å². The minimum atomic E-state index is -0.177. The monoisotopic (exact) mass is 360 g/mol. The van der Waals surface area contributed by atoms with Crippen LogP contribution in [0.3, 0.4) is 0 Å². The van der Waals surface area contributed by atoms with Crippen molar-refractivity contribution in [2.75, 3.05) is 0 Å². The van der Waals surface area contributed by atoms with E-state index in [-0.39, 0.29) is 17.6 Å². The lowest BCUT2D eigenvalue weighted by molar-refractivity contribution is 0.182. The molecular formula is C23H36O3. The van der Waals surface area contributed by atoms with Crippen LogP contribution in [0.25, 0.3) is 0 Å². The number of aromatic hydroxyl groups is 2. The number of unbranched alkanes of at least 4 members (excludes halogenated alkanes) is 6. The number of hydrogen-bond acceptors (Lipinski definition) is 3. The van der Waals surface area contributed by atoms with Gasteiger partial charge < -0.3 is 15.3 Å². The second-order valence-electron chi connectivity index (χ2n) is 7.12. The van der Waals surface area contributed by atoms with Gasteiger partial charge in [-0.2, -0.15) is 0 Å². The van der Waals surface area contributed by atoms with Gasteiger partial charge in [-0.05, 0) is 76.0 Å². The van der Waals surface area contributed by atoms with Gasteiger partial charge >= 0.3 is 0 Å². The van der Waals surface area contributed by atoms with Crippen molar-refractivity contribution in [1.29, 1.82) is 0 Å². The number of benzene rings is 1. The van der Waals surface area contributed by atoms with Crippen LogP contribution in [0.5, 0.6) is 11.5 Å². The maximum Gasteiger partial charge on any atom is 0.119 e. The molecule has 0 radical (unpaired) electrons. The number of allylic oxidation sites excluding steroid dienone is 4. The summed E-state index contributed by atoms with van der Waals surface area (Å²) >= 11 is 0. The molecule has 0 aliphatic heterocycles. The van der Waals surface area contributed by atoms with E-state index in [4.69, 9.17) is 5.11 Å². The molecule has 0 spiro atoms. The summed E-state index contributed by atoms with van der Waals surface area (Å²) in [5, 5.41) is 28.1. The summed E-state index contributed by atoms with van der Waals surface area (Å²) in [6, 6.07) is 4.82. The highest BCUT2D eigenvalue weighted by Crippen LogP contribution is 2.22. The van der Waals surface area contributed by atoms with Crippen LogP contribution in [-0.2, 0) is 6.42 Å². The van der Waals surface area contributed by atoms with Crippen LogP contribution in [0.4, 0.5) is 0 Å². The third-order valence-electron chi connectivity index (χ3n) is 4.40. The molecule has 146 valence electrons. The van der Waals surface area contributed by atoms with E-state index >= 15 is 0 Å². The highest BCUT2D eigenvalue weighted by Gasteiger charge is 1.99. The Kier molecular flexibility index (Phi) is 12.4. The normalized spacial score (nSPS) is 13.0. The van der Waals surface area contributed by atoms with Gasteiger partial charge in [-0.3, -0.25) is 0 Å². The zero-order valence-electron chi connectivity index (χ0n) is 16.2. The van der Waals surface area contributed by atoms with Crippen molar-refractivity contribution in [3.8, 4) is 11.5 Å². The van der Waals surface area contributed by atoms with Crippen LogP contribution in [0.1, 0.15) is 76.7 Å². The molecule has 0 saturated carbocycles. The number of rotatable bonds is 14. The van der Waals surface area contributed by atoms with E-state index < -0.39 is 0 Å². The maximum absolute atomic E-state index is 9.45. The molecule has 0 aliphatic carbocycles. The minimum Gasteiger partial charge on any atom is -0.508 e. The van der Waals surface area contributed by atoms with Gasteiger partial charge in [-0.15, -0.1) is 0 Å². The first-order chi connectivity index (χ1) is 12.6. The molecule has 1 aromatic carbocycles. The molecule has 3 N–H and O–H groups in total. The molecule has 0 amide bonds. The molecule has 1 atom stereocenters. The minimum absolute atomic E-state index is 0.140. The molecule has 3 nitrogen and oxygen atoms in total. The quantitative estimate of drug-likeness (QED) is 0.280. The summed E-state index contributed by atoms with van der Waals surface area (Å²) in [7, 11) is 0. The average Bonchev–Trinajstić information content (AvgIpc) is 2.57. The van der Waals surface area contributed by atoms with E-state index in [2.05, 4.69) is 24.3 Å². The summed E-state index contributed by atoms with van der Waals surface area (Å²) in [6.45, 7) is 1.84. The van der Waals surface area contributed by atoms with Gasteiger partial charge in [0.05, 0.1) is 6.10 Å². The molecule has 1 rings (SSSR count). The molecule has 0 unspecified atom stereocenters. The lowest BCUT2D eigenvalue weighted by Crippen LogP contribution is -1.97. The molecule has 0 heterocycles. The van der Waals surface area contributed by atoms with Crippen molar-refractivity contribution in [3.63, 3.8) is 0 Å². The molecule has 0 saturated heterocycles. The predicted molar refractivity (Wildman–Crippen MR) is 110 cm³/mol. The largest absolute Gasteiger partial charge is 0.508 e. The Labute approximate surface area is 159 Å². The number of hydrogen-bond donors (Lipinski definition) is 3. The lowest BCUT2D eigenvalue weighted by atomic mass is 10.0. The van der Waals surface area contributed by atoms with E-state index in [9.17, 15) is 10.2 Å². The van der Waals surface area contributed by atoms with Gasteiger partial charge in [0, 0.05) is 6.07 Å². The molecule has 1 aromatic rings. The third-order valence-corrected chi connectivity index (χ3v) is 4.40. The fourth-order valence-electron chi connectivity index (χ4n) is 2.96. The van der Waals surface area contributed by atoms with Crippen LogP contribution in [0.15, 0.2) is 42.5 Å². The second kappa shape index (κ2) is 14.4. The van der Waals surface area contributed by atoms with Crippen molar-refractivity contribution in [1.82, 2.24) is 0 Å². The SMILES string of the molecule is C[C@H](O)CCC/C=C\C/C=C\CCCCCCCc1cc(O)cc(O)c1. The molecular weight excluding hydrogens is 324 g/mol. The first-order valence-electron chi connectivity index (χ1n) is 10.1. The molecule has 0 bridgehead atoms. The maximum atomic E-state index is 9.45. The van der Waals surface area contributed by atoms with Gasteiger partial charge in [-0.1, -0.05) is 43.6 Å². The highest BCUT2D eigenvalue weighted by atomic mass is 16.3. The Balaban J connectivity index is 1.92. The zero-order chi connectivity index (χ0) is 19.0. The van der Waals surface area contributed by atoms with Crippen LogP contribution in [-0.4, -0.2) is 21.4 Å². The van der Waals surface area contributed by atoms with Gasteiger partial charge in [0.1, 0.15) is 11.5 Å². The summed E-state index contributed by atoms with van der Waals surface area (Å²) in [5.41, 5.74) is 1.00. The average molecular weight is 361 g/mol. The van der Waals surface area contributed by atoms with E-state index in [1.54, 1.807) is 12.1 Å². The topological polar surface area (TPSA) is 60.7 Å². The van der Waals surface area contributed by atoms with Crippen LogP contribution >= 0.6 is 0 Å². The van der Waals surface area contributed by atoms with Crippen molar-refractivity contribution in [2.24, 2.45) is 0 Å². The molecule has 0 aliphatic rings. The van der Waals surface area contributed by atoms with Crippen molar-refractivity contribution < 1.29 is 15.3 Å². The highest BCUT2D eigenvalue weighted by molar-refractivity contribution is 5.36. The summed E-state index contributed by atoms with van der Waals surface area (Å²) in [6.07, 6.45) is 20.8. The fourth-order valence-corrected chi connectivity index (χ4v) is 2.96. The third kappa shape index (κ3) is 12.6. The van der Waals surface area contributed by atoms with Crippen molar-refractivity contribution >= 4 is 0 Å². The smallest absolute Gasteiger partial charge is 0.119 e. The molecule has 3 heteroatoms. The number of phenols is 2. The number of phenolic OH excluding ortho intramolecular Hbond substituents is 2. The van der Waals surface area contributed by atoms with Gasteiger partial charge in [0.2, 0.25) is 0 Å². The van der Waals surface area contributed by atoms with Crippen molar-refractivity contribution in [2.45, 2.75) is 83.7 Å². The molecule has 0 fully saturated rings. The molecule has 0 aromatic heterocycles. The van der Waals surface area contributed by atoms with Gasteiger partial charge in [0.15, 0.2) is 0 Å². The van der Waals surface area contributed by atoms with E-state index in [0.29, 0.717) is 0 Å². The Hall–Kier alpha value is -1.74. The van der Waals surface area contributed by atoms with Gasteiger partial charge in [-0.25, -0.2) is 0 Å². The van der Waals surface area contributed by atoms with E-state index in [0.717, 1.165) is 50.5 Å². The summed E-state index contributed by atoms with van der Waals surface area (Å²) in [5.74, 6) is 0.280. The first-order valence-corrected chi connectivity index (χ1v) is 10.1. The van der Waals surface area contributed by atoms with Crippen LogP contribution in [0, 0.1) is 0 Å². The fraction of sp³-hybridized carbons (Fsp3) is 0.565. The van der Waals surface area contributed by atoms with Crippen LogP contribution in [0.2, 0.25) is 0 Å². The number of aryl methyl sites for hydroxylation is 1. The standard InChI is InChI=1S/C23H36O3/c1-20(24)15-13-11-9-7-5-3-2-4-6-8-10-12-14-16-21-17-22(25)19-23(26)18-21/h2-3,7,9,17-20,24-26H,4-6,8,10-16H2,1H3/b3-2-,9-7-/t20-/m0/s1. The summed E-state index contributed by atoms with van der Waals surface area (Å²) in [4.78, 5) is 0. The molecule has 26 heavy (non-hydrogen) atoms.